The monoisotopic (exact) mass is 169 g/mol. The van der Waals surface area contributed by atoms with E-state index in [0.29, 0.717) is 5.92 Å². The van der Waals surface area contributed by atoms with Crippen LogP contribution in [0.1, 0.15) is 13.3 Å². The van der Waals surface area contributed by atoms with Crippen LogP contribution in [0, 0.1) is 11.8 Å². The second kappa shape index (κ2) is 3.72. The average molecular weight is 169 g/mol. The number of hydrogen-bond donors (Lipinski definition) is 2. The SMILES string of the molecule is C=C(C)C1CNCC1CC(=O)O. The van der Waals surface area contributed by atoms with Crippen LogP contribution >= 0.6 is 0 Å². The van der Waals surface area contributed by atoms with Gasteiger partial charge in [-0.15, -0.1) is 0 Å². The quantitative estimate of drug-likeness (QED) is 0.616. The van der Waals surface area contributed by atoms with E-state index in [-0.39, 0.29) is 12.3 Å². The summed E-state index contributed by atoms with van der Waals surface area (Å²) in [6.07, 6.45) is 0.254. The van der Waals surface area contributed by atoms with Crippen LogP contribution in [0.15, 0.2) is 12.2 Å². The number of carbonyl (C=O) groups is 1. The molecule has 2 N–H and O–H groups in total. The minimum Gasteiger partial charge on any atom is -0.481 e. The topological polar surface area (TPSA) is 49.3 Å². The minimum atomic E-state index is -0.713. The molecule has 0 aromatic rings. The molecule has 1 heterocycles. The number of carboxylic acid groups (broad SMARTS) is 1. The standard InChI is InChI=1S/C9H15NO2/c1-6(2)8-5-10-4-7(8)3-9(11)12/h7-8,10H,1,3-5H2,2H3,(H,11,12). The van der Waals surface area contributed by atoms with Crippen molar-refractivity contribution < 1.29 is 9.90 Å². The molecule has 1 aliphatic rings. The van der Waals surface area contributed by atoms with E-state index in [1.54, 1.807) is 0 Å². The van der Waals surface area contributed by atoms with Gasteiger partial charge in [-0.25, -0.2) is 0 Å². The first kappa shape index (κ1) is 9.26. The predicted molar refractivity (Wildman–Crippen MR) is 46.9 cm³/mol. The van der Waals surface area contributed by atoms with E-state index in [9.17, 15) is 4.79 Å². The Hall–Kier alpha value is -0.830. The molecule has 3 heteroatoms. The van der Waals surface area contributed by atoms with Gasteiger partial charge in [0.1, 0.15) is 0 Å². The van der Waals surface area contributed by atoms with Gasteiger partial charge in [0.25, 0.3) is 0 Å². The van der Waals surface area contributed by atoms with Gasteiger partial charge in [0.15, 0.2) is 0 Å². The van der Waals surface area contributed by atoms with Gasteiger partial charge in [0, 0.05) is 13.0 Å². The molecule has 1 rings (SSSR count). The third kappa shape index (κ3) is 2.08. The summed E-state index contributed by atoms with van der Waals surface area (Å²) in [6, 6.07) is 0. The molecule has 1 aliphatic heterocycles. The van der Waals surface area contributed by atoms with Crippen LogP contribution in [-0.2, 0) is 4.79 Å². The summed E-state index contributed by atoms with van der Waals surface area (Å²) in [5.41, 5.74) is 1.09. The van der Waals surface area contributed by atoms with Crippen LogP contribution in [0.3, 0.4) is 0 Å². The summed E-state index contributed by atoms with van der Waals surface area (Å²) in [4.78, 5) is 10.5. The van der Waals surface area contributed by atoms with Gasteiger partial charge < -0.3 is 10.4 Å². The van der Waals surface area contributed by atoms with E-state index in [1.807, 2.05) is 6.92 Å². The first-order valence-corrected chi connectivity index (χ1v) is 4.19. The molecular formula is C9H15NO2. The lowest BCUT2D eigenvalue weighted by Gasteiger charge is -2.15. The number of hydrogen-bond acceptors (Lipinski definition) is 2. The number of rotatable bonds is 3. The van der Waals surface area contributed by atoms with E-state index in [4.69, 9.17) is 5.11 Å². The Morgan fingerprint density at radius 2 is 2.33 bits per heavy atom. The van der Waals surface area contributed by atoms with Crippen molar-refractivity contribution in [3.05, 3.63) is 12.2 Å². The van der Waals surface area contributed by atoms with Gasteiger partial charge in [-0.2, -0.15) is 0 Å². The highest BCUT2D eigenvalue weighted by Crippen LogP contribution is 2.25. The van der Waals surface area contributed by atoms with Gasteiger partial charge in [-0.3, -0.25) is 4.79 Å². The Balaban J connectivity index is 2.52. The molecule has 3 nitrogen and oxygen atoms in total. The Kier molecular flexibility index (Phi) is 2.87. The zero-order valence-corrected chi connectivity index (χ0v) is 7.34. The van der Waals surface area contributed by atoms with Crippen molar-refractivity contribution in [1.29, 1.82) is 0 Å². The van der Waals surface area contributed by atoms with Crippen molar-refractivity contribution in [2.24, 2.45) is 11.8 Å². The Morgan fingerprint density at radius 1 is 1.67 bits per heavy atom. The van der Waals surface area contributed by atoms with Crippen LogP contribution in [0.25, 0.3) is 0 Å². The van der Waals surface area contributed by atoms with Gasteiger partial charge in [0.2, 0.25) is 0 Å². The van der Waals surface area contributed by atoms with Gasteiger partial charge in [-0.1, -0.05) is 12.2 Å². The molecule has 2 unspecified atom stereocenters. The van der Waals surface area contributed by atoms with Crippen molar-refractivity contribution in [3.63, 3.8) is 0 Å². The lowest BCUT2D eigenvalue weighted by Crippen LogP contribution is -2.17. The molecule has 0 aromatic heterocycles. The van der Waals surface area contributed by atoms with Crippen LogP contribution < -0.4 is 5.32 Å². The Morgan fingerprint density at radius 3 is 2.83 bits per heavy atom. The fraction of sp³-hybridized carbons (Fsp3) is 0.667. The first-order valence-electron chi connectivity index (χ1n) is 4.19. The number of nitrogens with one attached hydrogen (secondary N) is 1. The van der Waals surface area contributed by atoms with Gasteiger partial charge in [-0.05, 0) is 25.3 Å². The maximum atomic E-state index is 10.5. The van der Waals surface area contributed by atoms with Crippen molar-refractivity contribution in [2.45, 2.75) is 13.3 Å². The maximum Gasteiger partial charge on any atom is 0.303 e. The van der Waals surface area contributed by atoms with E-state index >= 15 is 0 Å². The molecule has 1 saturated heterocycles. The summed E-state index contributed by atoms with van der Waals surface area (Å²) in [6.45, 7) is 7.52. The molecular weight excluding hydrogens is 154 g/mol. The second-order valence-electron chi connectivity index (χ2n) is 3.47. The second-order valence-corrected chi connectivity index (χ2v) is 3.47. The lowest BCUT2D eigenvalue weighted by molar-refractivity contribution is -0.138. The van der Waals surface area contributed by atoms with Crippen LogP contribution in [0.2, 0.25) is 0 Å². The zero-order valence-electron chi connectivity index (χ0n) is 7.34. The summed E-state index contributed by atoms with van der Waals surface area (Å²) < 4.78 is 0. The molecule has 0 saturated carbocycles. The summed E-state index contributed by atoms with van der Waals surface area (Å²) >= 11 is 0. The summed E-state index contributed by atoms with van der Waals surface area (Å²) in [5.74, 6) is -0.129. The third-order valence-corrected chi connectivity index (χ3v) is 2.41. The van der Waals surface area contributed by atoms with Crippen molar-refractivity contribution in [3.8, 4) is 0 Å². The maximum absolute atomic E-state index is 10.5. The normalized spacial score (nSPS) is 28.8. The largest absolute Gasteiger partial charge is 0.481 e. The number of aliphatic carboxylic acids is 1. The third-order valence-electron chi connectivity index (χ3n) is 2.41. The minimum absolute atomic E-state index is 0.236. The molecule has 0 radical (unpaired) electrons. The molecule has 68 valence electrons. The van der Waals surface area contributed by atoms with E-state index in [2.05, 4.69) is 11.9 Å². The molecule has 0 aromatic carbocycles. The Bertz CT molecular complexity index is 201. The highest BCUT2D eigenvalue weighted by atomic mass is 16.4. The average Bonchev–Trinajstić information content (AvgIpc) is 2.33. The van der Waals surface area contributed by atoms with Crippen LogP contribution in [0.4, 0.5) is 0 Å². The van der Waals surface area contributed by atoms with Crippen molar-refractivity contribution in [1.82, 2.24) is 5.32 Å². The van der Waals surface area contributed by atoms with E-state index in [0.717, 1.165) is 18.7 Å². The molecule has 1 fully saturated rings. The van der Waals surface area contributed by atoms with E-state index < -0.39 is 5.97 Å². The molecule has 12 heavy (non-hydrogen) atoms. The predicted octanol–water partition coefficient (Wildman–Crippen LogP) is 0.873. The van der Waals surface area contributed by atoms with Crippen molar-refractivity contribution >= 4 is 5.97 Å². The van der Waals surface area contributed by atoms with Gasteiger partial charge in [0.05, 0.1) is 0 Å². The Labute approximate surface area is 72.5 Å². The highest BCUT2D eigenvalue weighted by molar-refractivity contribution is 5.67. The molecule has 0 bridgehead atoms. The van der Waals surface area contributed by atoms with Crippen LogP contribution in [-0.4, -0.2) is 24.2 Å². The zero-order chi connectivity index (χ0) is 9.14. The van der Waals surface area contributed by atoms with Crippen LogP contribution in [0.5, 0.6) is 0 Å². The molecule has 0 aliphatic carbocycles. The summed E-state index contributed by atoms with van der Waals surface area (Å²) in [5, 5.41) is 11.8. The molecule has 0 amide bonds. The van der Waals surface area contributed by atoms with E-state index in [1.165, 1.54) is 0 Å². The van der Waals surface area contributed by atoms with Crippen molar-refractivity contribution in [2.75, 3.05) is 13.1 Å². The van der Waals surface area contributed by atoms with Gasteiger partial charge >= 0.3 is 5.97 Å². The molecule has 2 atom stereocenters. The number of carboxylic acids is 1. The smallest absolute Gasteiger partial charge is 0.303 e. The fourth-order valence-corrected chi connectivity index (χ4v) is 1.75. The molecule has 0 spiro atoms. The first-order chi connectivity index (χ1) is 5.61. The fourth-order valence-electron chi connectivity index (χ4n) is 1.75. The lowest BCUT2D eigenvalue weighted by atomic mass is 9.88. The highest BCUT2D eigenvalue weighted by Gasteiger charge is 2.28. The summed E-state index contributed by atoms with van der Waals surface area (Å²) in [7, 11) is 0.